The molecule has 3 aromatic heterocycles. The predicted octanol–water partition coefficient (Wildman–Crippen LogP) is 4.05. The Morgan fingerprint density at radius 3 is 2.42 bits per heavy atom. The summed E-state index contributed by atoms with van der Waals surface area (Å²) in [4.78, 5) is 6.84. The maximum absolute atomic E-state index is 13.5. The average molecular weight is 574 g/mol. The number of nitrogens with zero attached hydrogens (tertiary/aromatic N) is 6. The number of rotatable bonds is 7. The van der Waals surface area contributed by atoms with Crippen molar-refractivity contribution >= 4 is 48.0 Å². The molecule has 1 aliphatic heterocycles. The van der Waals surface area contributed by atoms with Gasteiger partial charge in [-0.2, -0.15) is 10.4 Å². The topological polar surface area (TPSA) is 143 Å². The highest BCUT2D eigenvalue weighted by Gasteiger charge is 2.35. The maximum atomic E-state index is 13.5. The zero-order chi connectivity index (χ0) is 28.1. The van der Waals surface area contributed by atoms with Gasteiger partial charge in [-0.25, -0.2) is 25.8 Å². The third-order valence-electron chi connectivity index (χ3n) is 6.72. The number of benzene rings is 2. The number of nitriles is 1. The van der Waals surface area contributed by atoms with E-state index in [9.17, 15) is 16.8 Å². The van der Waals surface area contributed by atoms with E-state index in [1.807, 2.05) is 11.1 Å². The normalized spacial score (nSPS) is 15.1. The second kappa shape index (κ2) is 9.51. The number of anilines is 3. The molecule has 2 aromatic carbocycles. The molecule has 5 aromatic rings. The van der Waals surface area contributed by atoms with Gasteiger partial charge in [-0.3, -0.25) is 4.68 Å². The molecule has 4 heterocycles. The molecule has 1 atom stereocenters. The minimum atomic E-state index is -3.90. The van der Waals surface area contributed by atoms with Gasteiger partial charge in [0.25, 0.3) is 10.0 Å². The van der Waals surface area contributed by atoms with Crippen LogP contribution in [0.5, 0.6) is 0 Å². The number of sulfone groups is 1. The van der Waals surface area contributed by atoms with Crippen molar-refractivity contribution in [2.75, 3.05) is 16.5 Å². The van der Waals surface area contributed by atoms with Crippen LogP contribution in [-0.2, 0) is 26.4 Å². The smallest absolute Gasteiger partial charge is 0.269 e. The average Bonchev–Trinajstić information content (AvgIpc) is 3.68. The Bertz CT molecular complexity index is 1990. The molecule has 0 aliphatic carbocycles. The fraction of sp³-hybridized carbons (Fsp3) is 0.148. The molecular formula is C27H23N7O4S2. The van der Waals surface area contributed by atoms with Crippen LogP contribution in [0.25, 0.3) is 11.0 Å². The molecule has 0 bridgehead atoms. The summed E-state index contributed by atoms with van der Waals surface area (Å²) < 4.78 is 53.8. The molecule has 0 spiro atoms. The van der Waals surface area contributed by atoms with Gasteiger partial charge >= 0.3 is 0 Å². The third-order valence-corrected chi connectivity index (χ3v) is 9.53. The highest BCUT2D eigenvalue weighted by Crippen LogP contribution is 2.49. The first kappa shape index (κ1) is 25.6. The molecule has 0 radical (unpaired) electrons. The van der Waals surface area contributed by atoms with Crippen LogP contribution in [0, 0.1) is 11.3 Å². The summed E-state index contributed by atoms with van der Waals surface area (Å²) >= 11 is 0. The largest absolute Gasteiger partial charge is 0.358 e. The van der Waals surface area contributed by atoms with Crippen LogP contribution in [0.2, 0.25) is 0 Å². The van der Waals surface area contributed by atoms with Gasteiger partial charge in [0, 0.05) is 24.0 Å². The van der Waals surface area contributed by atoms with Crippen LogP contribution in [0.15, 0.2) is 95.2 Å². The molecule has 1 N–H and O–H groups in total. The van der Waals surface area contributed by atoms with Crippen molar-refractivity contribution < 1.29 is 16.8 Å². The SMILES string of the molecule is CS(=O)(=O)c1ccc(C2Nc3cnc4c(ccn4S(=O)(=O)c4ccccc4)c3N2c2cnn(CCC#N)c2)cc1. The fourth-order valence-electron chi connectivity index (χ4n) is 4.83. The van der Waals surface area contributed by atoms with Crippen molar-refractivity contribution in [3.63, 3.8) is 0 Å². The number of nitrogens with one attached hydrogen (secondary N) is 1. The summed E-state index contributed by atoms with van der Waals surface area (Å²) in [5.74, 6) is 0. The Balaban J connectivity index is 1.50. The van der Waals surface area contributed by atoms with Crippen molar-refractivity contribution in [2.45, 2.75) is 28.9 Å². The summed E-state index contributed by atoms with van der Waals surface area (Å²) in [7, 11) is -7.28. The molecule has 11 nitrogen and oxygen atoms in total. The van der Waals surface area contributed by atoms with Gasteiger partial charge in [0.15, 0.2) is 15.5 Å². The summed E-state index contributed by atoms with van der Waals surface area (Å²) in [6, 6.07) is 18.6. The van der Waals surface area contributed by atoms with Crippen molar-refractivity contribution in [3.05, 3.63) is 91.0 Å². The lowest BCUT2D eigenvalue weighted by atomic mass is 10.1. The first-order valence-electron chi connectivity index (χ1n) is 12.2. The lowest BCUT2D eigenvalue weighted by Crippen LogP contribution is -2.23. The fourth-order valence-corrected chi connectivity index (χ4v) is 6.78. The van der Waals surface area contributed by atoms with Crippen molar-refractivity contribution in [3.8, 4) is 6.07 Å². The van der Waals surface area contributed by atoms with Gasteiger partial charge in [0.2, 0.25) is 0 Å². The van der Waals surface area contributed by atoms with Gasteiger partial charge in [-0.15, -0.1) is 0 Å². The second-order valence-electron chi connectivity index (χ2n) is 9.32. The van der Waals surface area contributed by atoms with Crippen molar-refractivity contribution in [2.24, 2.45) is 0 Å². The predicted molar refractivity (Wildman–Crippen MR) is 149 cm³/mol. The molecule has 0 saturated heterocycles. The number of fused-ring (bicyclic) bond motifs is 3. The quantitative estimate of drug-likeness (QED) is 0.305. The molecule has 40 heavy (non-hydrogen) atoms. The molecule has 0 amide bonds. The van der Waals surface area contributed by atoms with Crippen LogP contribution in [-0.4, -0.2) is 41.8 Å². The van der Waals surface area contributed by atoms with Gasteiger partial charge in [-0.05, 0) is 35.9 Å². The third kappa shape index (κ3) is 4.27. The van der Waals surface area contributed by atoms with Crippen LogP contribution >= 0.6 is 0 Å². The monoisotopic (exact) mass is 573 g/mol. The zero-order valence-corrected chi connectivity index (χ0v) is 22.8. The Labute approximate surface area is 230 Å². The van der Waals surface area contributed by atoms with E-state index in [1.54, 1.807) is 65.6 Å². The number of hydrogen-bond donors (Lipinski definition) is 1. The summed E-state index contributed by atoms with van der Waals surface area (Å²) in [6.45, 7) is 0.413. The number of hydrogen-bond acceptors (Lipinski definition) is 9. The molecule has 0 fully saturated rings. The van der Waals surface area contributed by atoms with E-state index < -0.39 is 26.0 Å². The number of pyridine rings is 1. The van der Waals surface area contributed by atoms with E-state index in [-0.39, 0.29) is 15.4 Å². The lowest BCUT2D eigenvalue weighted by molar-refractivity contribution is 0.588. The lowest BCUT2D eigenvalue weighted by Gasteiger charge is -2.26. The zero-order valence-electron chi connectivity index (χ0n) is 21.2. The molecular weight excluding hydrogens is 550 g/mol. The standard InChI is InChI=1S/C27H23N7O4S2/c1-39(35,36)21-10-8-19(9-11-21)26-31-24-17-29-27-23(12-15-33(27)40(37,38)22-6-3-2-4-7-22)25(24)34(26)20-16-30-32(18-20)14-5-13-28/h2-4,6-12,15-18,26,31H,5,14H2,1H3. The van der Waals surface area contributed by atoms with Crippen LogP contribution < -0.4 is 10.2 Å². The van der Waals surface area contributed by atoms with Gasteiger partial charge in [-0.1, -0.05) is 30.3 Å². The maximum Gasteiger partial charge on any atom is 0.269 e. The van der Waals surface area contributed by atoms with E-state index in [0.29, 0.717) is 35.4 Å². The molecule has 202 valence electrons. The minimum Gasteiger partial charge on any atom is -0.358 e. The second-order valence-corrected chi connectivity index (χ2v) is 13.1. The van der Waals surface area contributed by atoms with Crippen LogP contribution in [0.4, 0.5) is 17.1 Å². The molecule has 1 aliphatic rings. The molecule has 0 saturated carbocycles. The highest BCUT2D eigenvalue weighted by atomic mass is 32.2. The minimum absolute atomic E-state index is 0.146. The van der Waals surface area contributed by atoms with E-state index in [1.165, 1.54) is 22.3 Å². The first-order valence-corrected chi connectivity index (χ1v) is 15.6. The Hall–Kier alpha value is -4.67. The van der Waals surface area contributed by atoms with Crippen molar-refractivity contribution in [1.82, 2.24) is 18.7 Å². The summed E-state index contributed by atoms with van der Waals surface area (Å²) in [5, 5.41) is 17.5. The Morgan fingerprint density at radius 2 is 1.73 bits per heavy atom. The first-order chi connectivity index (χ1) is 19.2. The number of aromatic nitrogens is 4. The van der Waals surface area contributed by atoms with Crippen molar-refractivity contribution in [1.29, 1.82) is 5.26 Å². The Kier molecular flexibility index (Phi) is 6.09. The van der Waals surface area contributed by atoms with E-state index >= 15 is 0 Å². The number of aryl methyl sites for hydroxylation is 1. The van der Waals surface area contributed by atoms with Gasteiger partial charge < -0.3 is 10.2 Å². The summed E-state index contributed by atoms with van der Waals surface area (Å²) in [6.07, 6.45) is 7.55. The van der Waals surface area contributed by atoms with E-state index in [2.05, 4.69) is 21.5 Å². The molecule has 13 heteroatoms. The van der Waals surface area contributed by atoms with E-state index in [0.717, 1.165) is 11.8 Å². The van der Waals surface area contributed by atoms with Crippen LogP contribution in [0.3, 0.4) is 0 Å². The molecule has 6 rings (SSSR count). The van der Waals surface area contributed by atoms with Crippen LogP contribution in [0.1, 0.15) is 18.2 Å². The summed E-state index contributed by atoms with van der Waals surface area (Å²) in [5.41, 5.74) is 3.11. The van der Waals surface area contributed by atoms with Gasteiger partial charge in [0.1, 0.15) is 6.17 Å². The van der Waals surface area contributed by atoms with Gasteiger partial charge in [0.05, 0.1) is 58.3 Å². The van der Waals surface area contributed by atoms with E-state index in [4.69, 9.17) is 5.26 Å². The molecule has 1 unspecified atom stereocenters. The highest BCUT2D eigenvalue weighted by molar-refractivity contribution is 7.90. The Morgan fingerprint density at radius 1 is 0.975 bits per heavy atom.